The van der Waals surface area contributed by atoms with E-state index in [2.05, 4.69) is 10.0 Å². The Kier molecular flexibility index (Phi) is 10.7. The van der Waals surface area contributed by atoms with Gasteiger partial charge in [-0.15, -0.1) is 11.3 Å². The fraction of sp³-hybridized carbons (Fsp3) is 0.462. The summed E-state index contributed by atoms with van der Waals surface area (Å²) in [6.07, 6.45) is 7.95. The second kappa shape index (κ2) is 15.3. The molecule has 1 aliphatic carbocycles. The number of carbonyl (C=O) groups excluding carboxylic acids is 3. The Bertz CT molecular complexity index is 2180. The number of ether oxygens (including phenoxy) is 1. The molecule has 2 aromatic carbocycles. The molecule has 7 rings (SSSR count). The molecular formula is C39H47N7O6S2. The Labute approximate surface area is 320 Å². The fourth-order valence-corrected chi connectivity index (χ4v) is 8.95. The van der Waals surface area contributed by atoms with Gasteiger partial charge in [0, 0.05) is 55.4 Å². The minimum Gasteiger partial charge on any atom is -0.459 e. The fourth-order valence-electron chi connectivity index (χ4n) is 7.50. The zero-order chi connectivity index (χ0) is 38.2. The van der Waals surface area contributed by atoms with Gasteiger partial charge in [-0.3, -0.25) is 19.0 Å². The predicted molar refractivity (Wildman–Crippen MR) is 208 cm³/mol. The van der Waals surface area contributed by atoms with Gasteiger partial charge in [-0.2, -0.15) is 17.7 Å². The van der Waals surface area contributed by atoms with Crippen LogP contribution in [-0.4, -0.2) is 88.2 Å². The van der Waals surface area contributed by atoms with Gasteiger partial charge in [-0.25, -0.2) is 9.71 Å². The number of imidazole rings is 1. The first kappa shape index (κ1) is 37.7. The minimum absolute atomic E-state index is 0.153. The molecule has 0 spiro atoms. The highest BCUT2D eigenvalue weighted by molar-refractivity contribution is 7.87. The maximum atomic E-state index is 14.2. The van der Waals surface area contributed by atoms with Crippen molar-refractivity contribution in [2.75, 3.05) is 20.6 Å². The van der Waals surface area contributed by atoms with Crippen LogP contribution in [0, 0.1) is 11.8 Å². The smallest absolute Gasteiger partial charge is 0.303 e. The zero-order valence-electron chi connectivity index (χ0n) is 31.0. The first-order valence-electron chi connectivity index (χ1n) is 18.6. The average molecular weight is 774 g/mol. The lowest BCUT2D eigenvalue weighted by molar-refractivity contribution is -0.142. The summed E-state index contributed by atoms with van der Waals surface area (Å²) in [5, 5.41) is 5.78. The molecule has 2 N–H and O–H groups in total. The van der Waals surface area contributed by atoms with Crippen molar-refractivity contribution in [1.82, 2.24) is 33.8 Å². The van der Waals surface area contributed by atoms with Crippen LogP contribution in [-0.2, 0) is 31.1 Å². The van der Waals surface area contributed by atoms with Crippen molar-refractivity contribution in [3.63, 3.8) is 0 Å². The molecule has 13 nitrogen and oxygen atoms in total. The summed E-state index contributed by atoms with van der Waals surface area (Å²) in [4.78, 5) is 53.4. The number of nitrogens with one attached hydrogen (secondary N) is 2. The lowest BCUT2D eigenvalue weighted by Crippen LogP contribution is -2.57. The van der Waals surface area contributed by atoms with Crippen LogP contribution in [0.1, 0.15) is 58.8 Å². The third-order valence-electron chi connectivity index (χ3n) is 10.8. The third kappa shape index (κ3) is 7.40. The second-order valence-corrected chi connectivity index (χ2v) is 17.4. The number of carbonyl (C=O) groups is 3. The number of hydrogen-bond donors (Lipinski definition) is 2. The summed E-state index contributed by atoms with van der Waals surface area (Å²) < 4.78 is 37.0. The summed E-state index contributed by atoms with van der Waals surface area (Å²) in [6, 6.07) is 15.4. The van der Waals surface area contributed by atoms with Gasteiger partial charge >= 0.3 is 10.2 Å². The molecule has 1 saturated heterocycles. The van der Waals surface area contributed by atoms with E-state index < -0.39 is 39.7 Å². The summed E-state index contributed by atoms with van der Waals surface area (Å²) >= 11 is 1.55. The van der Waals surface area contributed by atoms with E-state index in [1.54, 1.807) is 16.2 Å². The van der Waals surface area contributed by atoms with Crippen LogP contribution in [0.3, 0.4) is 0 Å². The molecule has 3 aliphatic rings. The summed E-state index contributed by atoms with van der Waals surface area (Å²) in [7, 11) is -1.46. The molecule has 3 amide bonds. The highest BCUT2D eigenvalue weighted by Crippen LogP contribution is 2.46. The van der Waals surface area contributed by atoms with Crippen molar-refractivity contribution < 1.29 is 27.5 Å². The molecule has 2 aromatic heterocycles. The van der Waals surface area contributed by atoms with Gasteiger partial charge in [0.2, 0.25) is 11.8 Å². The van der Waals surface area contributed by atoms with Gasteiger partial charge in [0.05, 0.1) is 17.8 Å². The maximum absolute atomic E-state index is 14.2. The maximum Gasteiger partial charge on any atom is 0.303 e. The van der Waals surface area contributed by atoms with Crippen LogP contribution in [0.4, 0.5) is 0 Å². The molecule has 2 aliphatic heterocycles. The molecule has 15 heteroatoms. The number of thiazole rings is 1. The van der Waals surface area contributed by atoms with Gasteiger partial charge < -0.3 is 15.0 Å². The van der Waals surface area contributed by atoms with Gasteiger partial charge in [0.15, 0.2) is 0 Å². The monoisotopic (exact) mass is 773 g/mol. The van der Waals surface area contributed by atoms with Crippen molar-refractivity contribution in [3.8, 4) is 27.8 Å². The van der Waals surface area contributed by atoms with Crippen LogP contribution in [0.25, 0.3) is 32.9 Å². The van der Waals surface area contributed by atoms with E-state index in [-0.39, 0.29) is 37.1 Å². The third-order valence-corrected chi connectivity index (χ3v) is 13.0. The topological polar surface area (TPSA) is 156 Å². The average Bonchev–Trinajstić information content (AvgIpc) is 3.49. The molecule has 0 unspecified atom stereocenters. The van der Waals surface area contributed by atoms with E-state index in [0.717, 1.165) is 62.9 Å². The van der Waals surface area contributed by atoms with E-state index in [1.165, 1.54) is 14.1 Å². The molecule has 0 radical (unpaired) electrons. The molecule has 286 valence electrons. The SMILES string of the molecule is CCn1c(O[C@@H]2C[C@H]3C(=O)N[C@]4(C(=O)NS(=O)(=O)N(C)C)C[C@@H]4/C=C\CCCCC[C@H](C)C(=O)N3C2)nc2c(-c3nc(-c4ccccc4)cs3)cccc21. The summed E-state index contributed by atoms with van der Waals surface area (Å²) in [6.45, 7) is 4.63. The largest absolute Gasteiger partial charge is 0.459 e. The number of aryl methyl sites for hydroxylation is 1. The lowest BCUT2D eigenvalue weighted by atomic mass is 10.0. The highest BCUT2D eigenvalue weighted by atomic mass is 32.2. The van der Waals surface area contributed by atoms with Crippen molar-refractivity contribution in [2.45, 2.75) is 83.0 Å². The molecule has 54 heavy (non-hydrogen) atoms. The standard InChI is InChI=1S/C39H47N7O6S2/c1-5-45-31-20-14-19-29(35-40-30(24-53-35)26-16-11-9-12-17-26)33(31)41-38(45)52-28-21-32-34(47)42-39(37(49)43-54(50,51)44(3)4)22-27(39)18-13-8-6-7-10-15-25(2)36(48)46(32)23-28/h9,11-14,16-20,24-25,27-28,32H,5-8,10,15,21-23H2,1-4H3,(H,42,47)(H,43,49)/b18-13-/t25-,27-,28+,32-,39+/m0/s1. The van der Waals surface area contributed by atoms with E-state index >= 15 is 0 Å². The number of allylic oxidation sites excluding steroid dienone is 1. The number of nitrogens with zero attached hydrogens (tertiary/aromatic N) is 5. The number of benzene rings is 2. The highest BCUT2D eigenvalue weighted by Gasteiger charge is 2.61. The van der Waals surface area contributed by atoms with Gasteiger partial charge in [-0.05, 0) is 44.7 Å². The number of para-hydroxylation sites is 1. The number of amides is 3. The van der Waals surface area contributed by atoms with E-state index in [9.17, 15) is 22.8 Å². The van der Waals surface area contributed by atoms with Gasteiger partial charge in [0.25, 0.3) is 11.9 Å². The molecule has 0 bridgehead atoms. The predicted octanol–water partition coefficient (Wildman–Crippen LogP) is 5.15. The molecule has 4 aromatic rings. The van der Waals surface area contributed by atoms with Crippen molar-refractivity contribution in [2.24, 2.45) is 11.8 Å². The van der Waals surface area contributed by atoms with Crippen molar-refractivity contribution >= 4 is 50.3 Å². The quantitative estimate of drug-likeness (QED) is 0.233. The van der Waals surface area contributed by atoms with Crippen LogP contribution >= 0.6 is 11.3 Å². The van der Waals surface area contributed by atoms with Crippen LogP contribution in [0.5, 0.6) is 6.01 Å². The van der Waals surface area contributed by atoms with Crippen molar-refractivity contribution in [3.05, 3.63) is 66.1 Å². The number of rotatable bonds is 8. The summed E-state index contributed by atoms with van der Waals surface area (Å²) in [5.74, 6) is -2.18. The first-order valence-corrected chi connectivity index (χ1v) is 20.9. The zero-order valence-corrected chi connectivity index (χ0v) is 32.7. The normalized spacial score (nSPS) is 25.7. The van der Waals surface area contributed by atoms with Crippen LogP contribution in [0.15, 0.2) is 66.1 Å². The Balaban J connectivity index is 1.17. The minimum atomic E-state index is -4.11. The number of aromatic nitrogens is 3. The van der Waals surface area contributed by atoms with Gasteiger partial charge in [-0.1, -0.05) is 68.3 Å². The van der Waals surface area contributed by atoms with Crippen LogP contribution in [0.2, 0.25) is 0 Å². The molecule has 1 saturated carbocycles. The number of fused-ring (bicyclic) bond motifs is 3. The van der Waals surface area contributed by atoms with Gasteiger partial charge in [0.1, 0.15) is 28.2 Å². The van der Waals surface area contributed by atoms with E-state index in [4.69, 9.17) is 14.7 Å². The Morgan fingerprint density at radius 2 is 1.89 bits per heavy atom. The summed E-state index contributed by atoms with van der Waals surface area (Å²) in [5.41, 5.74) is 2.96. The molecule has 5 atom stereocenters. The Morgan fingerprint density at radius 1 is 1.09 bits per heavy atom. The number of hydrogen-bond acceptors (Lipinski definition) is 9. The molecule has 4 heterocycles. The van der Waals surface area contributed by atoms with Crippen molar-refractivity contribution in [1.29, 1.82) is 0 Å². The Morgan fingerprint density at radius 3 is 2.65 bits per heavy atom. The van der Waals surface area contributed by atoms with E-state index in [0.29, 0.717) is 19.0 Å². The van der Waals surface area contributed by atoms with E-state index in [1.807, 2.05) is 84.5 Å². The molecular weight excluding hydrogens is 727 g/mol. The van der Waals surface area contributed by atoms with Crippen LogP contribution < -0.4 is 14.8 Å². The molecule has 2 fully saturated rings. The first-order chi connectivity index (χ1) is 25.9. The second-order valence-electron chi connectivity index (χ2n) is 14.7. The lowest BCUT2D eigenvalue weighted by Gasteiger charge is -2.28. The Hall–Kier alpha value is -4.60.